The normalized spacial score (nSPS) is 15.6. The van der Waals surface area contributed by atoms with Gasteiger partial charge in [-0.05, 0) is 99.2 Å². The average Bonchev–Trinajstić information content (AvgIpc) is 4.12. The highest BCUT2D eigenvalue weighted by atomic mass is 15.3. The summed E-state index contributed by atoms with van der Waals surface area (Å²) in [5.41, 5.74) is 17.9. The number of aromatic nitrogens is 6. The second-order valence-corrected chi connectivity index (χ2v) is 20.2. The zero-order chi connectivity index (χ0) is 46.7. The molecule has 6 aromatic carbocycles. The summed E-state index contributed by atoms with van der Waals surface area (Å²) in [6.45, 7) is 13.7. The molecule has 4 aliphatic heterocycles. The van der Waals surface area contributed by atoms with Crippen LogP contribution < -0.4 is 23.5 Å². The van der Waals surface area contributed by atoms with Crippen molar-refractivity contribution in [3.8, 4) is 11.6 Å². The molecule has 7 heterocycles. The summed E-state index contributed by atoms with van der Waals surface area (Å²) in [6.07, 6.45) is 10.3. The maximum Gasteiger partial charge on any atom is 0.374 e. The van der Waals surface area contributed by atoms with Gasteiger partial charge in [0.2, 0.25) is 5.69 Å². The number of nitrogens with zero attached hydrogens (tertiary/aromatic N) is 9. The minimum absolute atomic E-state index is 0.379. The van der Waals surface area contributed by atoms with E-state index in [0.29, 0.717) is 5.92 Å². The SMILES string of the molecule is CCCCn1c2[n+](c3ccccc31)CC[N+]1=C2C(CCCCN2c3ccccc3N(CCCCn3c4[n+](c5ccccc53)CC[n+]3c-4n(CCCC)c4ccccc43)c3ccccc32)c2ccccc21. The summed E-state index contributed by atoms with van der Waals surface area (Å²) < 4.78 is 18.5. The second kappa shape index (κ2) is 18.1. The van der Waals surface area contributed by atoms with E-state index in [0.717, 1.165) is 91.0 Å². The van der Waals surface area contributed by atoms with E-state index >= 15 is 0 Å². The van der Waals surface area contributed by atoms with Crippen molar-refractivity contribution in [2.45, 2.75) is 117 Å². The van der Waals surface area contributed by atoms with Gasteiger partial charge in [0.05, 0.1) is 48.3 Å². The first-order valence-electron chi connectivity index (χ1n) is 26.7. The van der Waals surface area contributed by atoms with Gasteiger partial charge in [-0.1, -0.05) is 112 Å². The number of rotatable bonds is 16. The number of para-hydroxylation sites is 11. The molecule has 9 heteroatoms. The lowest BCUT2D eigenvalue weighted by atomic mass is 9.90. The molecule has 0 spiro atoms. The molecule has 0 radical (unpaired) electrons. The zero-order valence-electron chi connectivity index (χ0n) is 41.2. The molecule has 9 aromatic rings. The molecule has 0 saturated heterocycles. The number of fused-ring (bicyclic) bond motifs is 15. The van der Waals surface area contributed by atoms with E-state index in [2.05, 4.69) is 201 Å². The van der Waals surface area contributed by atoms with Crippen LogP contribution in [0.4, 0.5) is 28.4 Å². The number of hydrogen-bond donors (Lipinski definition) is 0. The third-order valence-electron chi connectivity index (χ3n) is 16.2. The average molecular weight is 926 g/mol. The summed E-state index contributed by atoms with van der Waals surface area (Å²) in [5, 5.41) is 0. The number of hydrogen-bond acceptors (Lipinski definition) is 2. The highest BCUT2D eigenvalue weighted by Gasteiger charge is 2.50. The number of unbranched alkanes of at least 4 members (excludes halogenated alkanes) is 4. The molecule has 4 aliphatic rings. The van der Waals surface area contributed by atoms with E-state index < -0.39 is 0 Å². The standard InChI is InChI=1S/C61H67N9/c1-3-5-36-65-52-30-13-16-33-55(52)68-42-41-64-47-25-8-7-23-45(47)46(58(64)59(65)68)24-19-20-38-62-48-26-9-11-28-50(48)63(51-29-12-10-27-49(51)62)39-21-22-40-67-54-32-15-18-35-57(54)70-44-43-69-56-34-17-14-31-53(56)66(37-6-4-2)60(69)61(67)70/h7-18,23,25-35,46H,3-6,19-22,24,36-44H2,1-2H3/q+4. The van der Waals surface area contributed by atoms with Gasteiger partial charge in [-0.25, -0.2) is 27.4 Å². The zero-order valence-corrected chi connectivity index (χ0v) is 41.2. The Morgan fingerprint density at radius 1 is 0.400 bits per heavy atom. The number of benzene rings is 6. The van der Waals surface area contributed by atoms with Crippen molar-refractivity contribution in [1.82, 2.24) is 13.7 Å². The first-order valence-corrected chi connectivity index (χ1v) is 26.7. The van der Waals surface area contributed by atoms with E-state index in [1.807, 2.05) is 0 Å². The van der Waals surface area contributed by atoms with Gasteiger partial charge in [-0.2, -0.15) is 4.58 Å². The van der Waals surface area contributed by atoms with Crippen molar-refractivity contribution in [3.05, 3.63) is 157 Å². The van der Waals surface area contributed by atoms with Gasteiger partial charge < -0.3 is 9.80 Å². The Labute approximate surface area is 412 Å². The van der Waals surface area contributed by atoms with Gasteiger partial charge in [-0.15, -0.1) is 0 Å². The summed E-state index contributed by atoms with van der Waals surface area (Å²) in [6, 6.07) is 54.9. The first kappa shape index (κ1) is 43.1. The fourth-order valence-corrected chi connectivity index (χ4v) is 13.1. The Morgan fingerprint density at radius 2 is 0.800 bits per heavy atom. The topological polar surface area (TPSA) is 35.9 Å². The fourth-order valence-electron chi connectivity index (χ4n) is 13.1. The van der Waals surface area contributed by atoms with E-state index in [1.54, 1.807) is 0 Å². The molecule has 0 bridgehead atoms. The molecule has 1 atom stereocenters. The minimum Gasteiger partial charge on any atom is -0.338 e. The quantitative estimate of drug-likeness (QED) is 0.0715. The molecule has 3 aromatic heterocycles. The summed E-state index contributed by atoms with van der Waals surface area (Å²) in [5.74, 6) is 4.53. The Kier molecular flexibility index (Phi) is 11.1. The third-order valence-corrected chi connectivity index (χ3v) is 16.2. The van der Waals surface area contributed by atoms with Gasteiger partial charge in [-0.3, -0.25) is 0 Å². The maximum atomic E-state index is 2.68. The predicted molar refractivity (Wildman–Crippen MR) is 283 cm³/mol. The monoisotopic (exact) mass is 926 g/mol. The largest absolute Gasteiger partial charge is 0.374 e. The maximum absolute atomic E-state index is 2.68. The lowest BCUT2D eigenvalue weighted by Crippen LogP contribution is -2.53. The molecule has 352 valence electrons. The molecule has 0 N–H and O–H groups in total. The van der Waals surface area contributed by atoms with Gasteiger partial charge >= 0.3 is 17.5 Å². The van der Waals surface area contributed by atoms with E-state index in [1.165, 1.54) is 116 Å². The molecule has 13 rings (SSSR count). The Morgan fingerprint density at radius 3 is 1.33 bits per heavy atom. The van der Waals surface area contributed by atoms with Crippen molar-refractivity contribution in [1.29, 1.82) is 0 Å². The van der Waals surface area contributed by atoms with Gasteiger partial charge in [0, 0.05) is 24.7 Å². The minimum atomic E-state index is 0.379. The number of anilines is 4. The van der Waals surface area contributed by atoms with Crippen LogP contribution >= 0.6 is 0 Å². The molecular weight excluding hydrogens is 859 g/mol. The van der Waals surface area contributed by atoms with Crippen LogP contribution in [-0.2, 0) is 39.3 Å². The van der Waals surface area contributed by atoms with Crippen LogP contribution in [0.2, 0.25) is 0 Å². The summed E-state index contributed by atoms with van der Waals surface area (Å²) >= 11 is 0. The number of imidazole rings is 3. The number of aryl methyl sites for hydroxylation is 5. The van der Waals surface area contributed by atoms with Crippen molar-refractivity contribution in [2.24, 2.45) is 0 Å². The highest BCUT2D eigenvalue weighted by Crippen LogP contribution is 2.48. The molecule has 0 fully saturated rings. The van der Waals surface area contributed by atoms with Crippen molar-refractivity contribution >= 4 is 67.2 Å². The van der Waals surface area contributed by atoms with Crippen molar-refractivity contribution < 1.29 is 18.3 Å². The lowest BCUT2D eigenvalue weighted by Gasteiger charge is -2.40. The van der Waals surface area contributed by atoms with Crippen LogP contribution in [0, 0.1) is 0 Å². The van der Waals surface area contributed by atoms with Gasteiger partial charge in [0.25, 0.3) is 5.71 Å². The van der Waals surface area contributed by atoms with Crippen molar-refractivity contribution in [2.75, 3.05) is 29.4 Å². The predicted octanol–water partition coefficient (Wildman–Crippen LogP) is 11.9. The van der Waals surface area contributed by atoms with E-state index in [9.17, 15) is 0 Å². The van der Waals surface area contributed by atoms with Crippen LogP contribution in [-0.4, -0.2) is 43.6 Å². The molecule has 9 nitrogen and oxygen atoms in total. The molecular formula is C61H67N9+4. The molecule has 0 aliphatic carbocycles. The van der Waals surface area contributed by atoms with Crippen LogP contribution in [0.25, 0.3) is 44.7 Å². The van der Waals surface area contributed by atoms with Crippen LogP contribution in [0.3, 0.4) is 0 Å². The van der Waals surface area contributed by atoms with Crippen LogP contribution in [0.15, 0.2) is 146 Å². The molecule has 1 unspecified atom stereocenters. The van der Waals surface area contributed by atoms with Crippen LogP contribution in [0.1, 0.15) is 88.9 Å². The highest BCUT2D eigenvalue weighted by molar-refractivity contribution is 6.03. The van der Waals surface area contributed by atoms with E-state index in [4.69, 9.17) is 0 Å². The Balaban J connectivity index is 0.747. The van der Waals surface area contributed by atoms with Gasteiger partial charge in [0.1, 0.15) is 13.1 Å². The third kappa shape index (κ3) is 6.85. The van der Waals surface area contributed by atoms with Gasteiger partial charge in [0.15, 0.2) is 46.2 Å². The summed E-state index contributed by atoms with van der Waals surface area (Å²) in [4.78, 5) is 5.25. The molecule has 70 heavy (non-hydrogen) atoms. The lowest BCUT2D eigenvalue weighted by molar-refractivity contribution is -0.772. The second-order valence-electron chi connectivity index (χ2n) is 20.2. The fraction of sp³-hybridized carbons (Fsp3) is 0.344. The van der Waals surface area contributed by atoms with E-state index in [-0.39, 0.29) is 0 Å². The van der Waals surface area contributed by atoms with Crippen LogP contribution in [0.5, 0.6) is 0 Å². The molecule has 0 amide bonds. The smallest absolute Gasteiger partial charge is 0.338 e. The molecule has 0 saturated carbocycles. The van der Waals surface area contributed by atoms with Crippen molar-refractivity contribution in [3.63, 3.8) is 0 Å². The Bertz CT molecular complexity index is 3430. The summed E-state index contributed by atoms with van der Waals surface area (Å²) in [7, 11) is 0. The first-order chi connectivity index (χ1) is 34.7. The Hall–Kier alpha value is -7.00.